The van der Waals surface area contributed by atoms with Crippen molar-refractivity contribution in [3.05, 3.63) is 28.4 Å². The molecule has 0 aliphatic rings. The first-order chi connectivity index (χ1) is 12.8. The third kappa shape index (κ3) is 3.71. The van der Waals surface area contributed by atoms with Crippen LogP contribution in [0.5, 0.6) is 11.5 Å². The second-order valence-corrected chi connectivity index (χ2v) is 7.23. The molecule has 0 radical (unpaired) electrons. The Labute approximate surface area is 167 Å². The predicted molar refractivity (Wildman–Crippen MR) is 108 cm³/mol. The van der Waals surface area contributed by atoms with Gasteiger partial charge in [-0.15, -0.1) is 0 Å². The number of nitrogen functional groups attached to an aromatic ring is 1. The fraction of sp³-hybridized carbons (Fsp3) is 0.188. The molecule has 8 nitrogen and oxygen atoms in total. The zero-order chi connectivity index (χ0) is 19.7. The summed E-state index contributed by atoms with van der Waals surface area (Å²) < 4.78 is 25.1. The van der Waals surface area contributed by atoms with Crippen LogP contribution in [0.25, 0.3) is 22.3 Å². The van der Waals surface area contributed by atoms with E-state index in [1.165, 1.54) is 26.7 Å². The maximum atomic E-state index is 11.7. The number of rotatable bonds is 5. The number of fused-ring (bicyclic) bond motifs is 1. The van der Waals surface area contributed by atoms with E-state index in [-0.39, 0.29) is 21.7 Å². The topological polar surface area (TPSA) is 112 Å². The van der Waals surface area contributed by atoms with Gasteiger partial charge in [0.1, 0.15) is 34.1 Å². The SMILES string of the molecule is COc1cc(OC)c(Cl)c(-c2nc(NS(C)=O)c3cc(N)ncc3n2)c1Cl. The average molecular weight is 428 g/mol. The fourth-order valence-electron chi connectivity index (χ4n) is 2.46. The summed E-state index contributed by atoms with van der Waals surface area (Å²) in [6, 6.07) is 3.15. The van der Waals surface area contributed by atoms with Crippen LogP contribution in [-0.4, -0.2) is 39.6 Å². The van der Waals surface area contributed by atoms with Gasteiger partial charge in [-0.2, -0.15) is 0 Å². The van der Waals surface area contributed by atoms with E-state index in [9.17, 15) is 4.21 Å². The Kier molecular flexibility index (Phi) is 5.54. The average Bonchev–Trinajstić information content (AvgIpc) is 2.62. The highest BCUT2D eigenvalue weighted by molar-refractivity contribution is 7.85. The molecule has 3 aromatic rings. The summed E-state index contributed by atoms with van der Waals surface area (Å²) >= 11 is 12.9. The van der Waals surface area contributed by atoms with Crippen LogP contribution < -0.4 is 19.9 Å². The minimum Gasteiger partial charge on any atom is -0.495 e. The molecule has 0 bridgehead atoms. The Morgan fingerprint density at radius 3 is 2.30 bits per heavy atom. The highest BCUT2D eigenvalue weighted by atomic mass is 35.5. The zero-order valence-electron chi connectivity index (χ0n) is 14.5. The third-order valence-electron chi connectivity index (χ3n) is 3.64. The predicted octanol–water partition coefficient (Wildman–Crippen LogP) is 3.30. The van der Waals surface area contributed by atoms with Gasteiger partial charge >= 0.3 is 0 Å². The first-order valence-corrected chi connectivity index (χ1v) is 9.80. The summed E-state index contributed by atoms with van der Waals surface area (Å²) in [5.41, 5.74) is 6.54. The zero-order valence-corrected chi connectivity index (χ0v) is 16.9. The van der Waals surface area contributed by atoms with E-state index in [0.717, 1.165) is 0 Å². The number of methoxy groups -OCH3 is 2. The number of benzene rings is 1. The molecule has 11 heteroatoms. The molecule has 142 valence electrons. The van der Waals surface area contributed by atoms with E-state index in [2.05, 4.69) is 19.7 Å². The lowest BCUT2D eigenvalue weighted by molar-refractivity contribution is 0.395. The van der Waals surface area contributed by atoms with Gasteiger partial charge in [0, 0.05) is 17.7 Å². The Morgan fingerprint density at radius 1 is 1.11 bits per heavy atom. The molecule has 0 saturated carbocycles. The van der Waals surface area contributed by atoms with Crippen LogP contribution in [0, 0.1) is 0 Å². The number of pyridine rings is 1. The number of halogens is 2. The van der Waals surface area contributed by atoms with E-state index in [4.69, 9.17) is 38.4 Å². The minimum atomic E-state index is -1.38. The Morgan fingerprint density at radius 2 is 1.74 bits per heavy atom. The van der Waals surface area contributed by atoms with Crippen molar-refractivity contribution in [3.8, 4) is 22.9 Å². The number of aromatic nitrogens is 3. The summed E-state index contributed by atoms with van der Waals surface area (Å²) in [6.07, 6.45) is 2.96. The van der Waals surface area contributed by atoms with Crippen LogP contribution >= 0.6 is 23.2 Å². The van der Waals surface area contributed by atoms with Crippen molar-refractivity contribution in [2.24, 2.45) is 0 Å². The fourth-order valence-corrected chi connectivity index (χ4v) is 3.55. The van der Waals surface area contributed by atoms with Crippen molar-refractivity contribution in [2.45, 2.75) is 0 Å². The standard InChI is InChI=1S/C16H15Cl2N5O3S/c1-25-9-5-10(26-2)14(18)12(13(9)17)16-21-8-6-20-11(19)4-7(8)15(22-16)23-27(3)24/h4-6H,1-3H3,(H2,19,20)(H,21,22,23). The Balaban J connectivity index is 2.35. The van der Waals surface area contributed by atoms with Crippen LogP contribution in [-0.2, 0) is 11.0 Å². The second kappa shape index (κ2) is 7.71. The van der Waals surface area contributed by atoms with E-state index in [1.54, 1.807) is 12.1 Å². The molecule has 27 heavy (non-hydrogen) atoms. The lowest BCUT2D eigenvalue weighted by Crippen LogP contribution is -2.07. The summed E-state index contributed by atoms with van der Waals surface area (Å²) in [4.78, 5) is 13.0. The molecule has 3 N–H and O–H groups in total. The van der Waals surface area contributed by atoms with Gasteiger partial charge in [-0.3, -0.25) is 4.72 Å². The first kappa shape index (κ1) is 19.4. The van der Waals surface area contributed by atoms with Crippen LogP contribution in [0.2, 0.25) is 10.0 Å². The molecule has 3 rings (SSSR count). The molecule has 1 atom stereocenters. The quantitative estimate of drug-likeness (QED) is 0.641. The third-order valence-corrected chi connectivity index (χ3v) is 4.87. The summed E-state index contributed by atoms with van der Waals surface area (Å²) in [6.45, 7) is 0. The van der Waals surface area contributed by atoms with Gasteiger partial charge in [0.25, 0.3) is 0 Å². The number of nitrogens with zero attached hydrogens (tertiary/aromatic N) is 3. The molecule has 2 aromatic heterocycles. The molecule has 1 unspecified atom stereocenters. The number of hydrogen-bond donors (Lipinski definition) is 2. The number of nitrogens with two attached hydrogens (primary N) is 1. The lowest BCUT2D eigenvalue weighted by atomic mass is 10.1. The second-order valence-electron chi connectivity index (χ2n) is 5.36. The minimum absolute atomic E-state index is 0.189. The number of anilines is 2. The van der Waals surface area contributed by atoms with Gasteiger partial charge in [0.2, 0.25) is 0 Å². The molecule has 2 heterocycles. The van der Waals surface area contributed by atoms with Crippen LogP contribution in [0.4, 0.5) is 11.6 Å². The molecule has 0 fully saturated rings. The largest absolute Gasteiger partial charge is 0.495 e. The van der Waals surface area contributed by atoms with Crippen molar-refractivity contribution < 1.29 is 13.7 Å². The highest BCUT2D eigenvalue weighted by Crippen LogP contribution is 2.45. The summed E-state index contributed by atoms with van der Waals surface area (Å²) in [5.74, 6) is 1.47. The lowest BCUT2D eigenvalue weighted by Gasteiger charge is -2.15. The van der Waals surface area contributed by atoms with Crippen LogP contribution in [0.15, 0.2) is 18.3 Å². The smallest absolute Gasteiger partial charge is 0.165 e. The molecular formula is C16H15Cl2N5O3S. The van der Waals surface area contributed by atoms with Crippen molar-refractivity contribution in [2.75, 3.05) is 30.9 Å². The van der Waals surface area contributed by atoms with Crippen molar-refractivity contribution in [1.82, 2.24) is 15.0 Å². The Bertz CT molecular complexity index is 1040. The molecule has 0 spiro atoms. The summed E-state index contributed by atoms with van der Waals surface area (Å²) in [7, 11) is 1.56. The van der Waals surface area contributed by atoms with Gasteiger partial charge in [-0.1, -0.05) is 23.2 Å². The van der Waals surface area contributed by atoms with Crippen LogP contribution in [0.3, 0.4) is 0 Å². The maximum absolute atomic E-state index is 11.7. The Hall–Kier alpha value is -2.36. The maximum Gasteiger partial charge on any atom is 0.165 e. The number of ether oxygens (including phenoxy) is 2. The molecule has 0 aliphatic carbocycles. The van der Waals surface area contributed by atoms with Crippen molar-refractivity contribution >= 4 is 56.7 Å². The van der Waals surface area contributed by atoms with E-state index < -0.39 is 11.0 Å². The highest BCUT2D eigenvalue weighted by Gasteiger charge is 2.22. The van der Waals surface area contributed by atoms with Gasteiger partial charge in [-0.25, -0.2) is 19.2 Å². The van der Waals surface area contributed by atoms with Gasteiger partial charge < -0.3 is 15.2 Å². The number of nitrogens with one attached hydrogen (secondary N) is 1. The van der Waals surface area contributed by atoms with Crippen molar-refractivity contribution in [3.63, 3.8) is 0 Å². The van der Waals surface area contributed by atoms with Gasteiger partial charge in [0.15, 0.2) is 5.82 Å². The molecule has 0 saturated heterocycles. The van der Waals surface area contributed by atoms with E-state index in [1.807, 2.05) is 0 Å². The molecule has 1 aromatic carbocycles. The van der Waals surface area contributed by atoms with Gasteiger partial charge in [0.05, 0.1) is 41.5 Å². The monoisotopic (exact) mass is 427 g/mol. The summed E-state index contributed by atoms with van der Waals surface area (Å²) in [5, 5.41) is 0.993. The molecular weight excluding hydrogens is 413 g/mol. The van der Waals surface area contributed by atoms with E-state index in [0.29, 0.717) is 33.8 Å². The first-order valence-electron chi connectivity index (χ1n) is 7.49. The van der Waals surface area contributed by atoms with Gasteiger partial charge in [-0.05, 0) is 6.07 Å². The normalized spacial score (nSPS) is 12.0. The molecule has 0 aliphatic heterocycles. The molecule has 0 amide bonds. The number of hydrogen-bond acceptors (Lipinski definition) is 7. The van der Waals surface area contributed by atoms with Crippen molar-refractivity contribution in [1.29, 1.82) is 0 Å². The van der Waals surface area contributed by atoms with Crippen LogP contribution in [0.1, 0.15) is 0 Å². The van der Waals surface area contributed by atoms with E-state index >= 15 is 0 Å².